The number of aliphatic hydroxyl groups excluding tert-OH is 2. The van der Waals surface area contributed by atoms with E-state index < -0.39 is 72.3 Å². The zero-order valence-electron chi connectivity index (χ0n) is 32.2. The Labute approximate surface area is 309 Å². The maximum Gasteiger partial charge on any atom is 0.316 e. The summed E-state index contributed by atoms with van der Waals surface area (Å²) in [5.41, 5.74) is 0.238. The Morgan fingerprint density at radius 2 is 1.85 bits per heavy atom. The van der Waals surface area contributed by atoms with Gasteiger partial charge in [0.1, 0.15) is 35.9 Å². The van der Waals surface area contributed by atoms with E-state index in [0.29, 0.717) is 55.1 Å². The predicted octanol–water partition coefficient (Wildman–Crippen LogP) is 5.07. The Morgan fingerprint density at radius 3 is 2.58 bits per heavy atom. The highest BCUT2D eigenvalue weighted by molar-refractivity contribution is 5.78. The van der Waals surface area contributed by atoms with E-state index >= 15 is 0 Å². The van der Waals surface area contributed by atoms with Gasteiger partial charge in [0.25, 0.3) is 0 Å². The third-order valence-corrected chi connectivity index (χ3v) is 12.7. The largest absolute Gasteiger partial charge is 0.462 e. The summed E-state index contributed by atoms with van der Waals surface area (Å²) < 4.78 is 44.6. The van der Waals surface area contributed by atoms with Gasteiger partial charge in [0.2, 0.25) is 0 Å². The molecule has 1 aliphatic carbocycles. The Bertz CT molecular complexity index is 1400. The first-order chi connectivity index (χ1) is 24.7. The summed E-state index contributed by atoms with van der Waals surface area (Å²) in [5.74, 6) is -1.98. The molecule has 0 saturated carbocycles. The van der Waals surface area contributed by atoms with Crippen LogP contribution in [-0.4, -0.2) is 108 Å². The molecule has 6 rings (SSSR count). The summed E-state index contributed by atoms with van der Waals surface area (Å²) in [6.07, 6.45) is 8.24. The highest BCUT2D eigenvalue weighted by Gasteiger charge is 2.60. The fourth-order valence-electron chi connectivity index (χ4n) is 9.27. The molecular formula is C41H62O11. The number of ether oxygens (including phenoxy) is 7. The second kappa shape index (κ2) is 16.0. The van der Waals surface area contributed by atoms with E-state index in [2.05, 4.69) is 33.8 Å². The smallest absolute Gasteiger partial charge is 0.316 e. The molecule has 0 aromatic carbocycles. The summed E-state index contributed by atoms with van der Waals surface area (Å²) in [7, 11) is 1.58. The number of carbonyl (C=O) groups is 1. The summed E-state index contributed by atoms with van der Waals surface area (Å²) in [6, 6.07) is 0. The van der Waals surface area contributed by atoms with Crippen LogP contribution in [0.4, 0.5) is 0 Å². The van der Waals surface area contributed by atoms with Gasteiger partial charge in [-0.15, -0.1) is 0 Å². The standard InChI is InChI=1S/C41H62O11/c1-9-22(2)37-25(5)15-16-40(52-37)20-30-18-29(51-40)14-13-24(4)36(50-33-19-32(46-8)35(43)27(7)48-33)23(3)11-10-12-28-21-47-38-34(42)26(6)17-31(39(44)49-30)41(28,38)45/h10-13,17,22-23,25,27,29-38,42-43,45H,9,14-16,18-21H2,1-8H3/b11-10+,24-13+,28-12+/t22-,23-,25-,27-,29+,30-,31-,32-,33-,34+,35-,36-,37+,38+,40+,41?/m0/s1. The molecule has 2 bridgehead atoms. The van der Waals surface area contributed by atoms with E-state index in [1.54, 1.807) is 26.2 Å². The first-order valence-electron chi connectivity index (χ1n) is 19.5. The van der Waals surface area contributed by atoms with Crippen LogP contribution in [0.3, 0.4) is 0 Å². The second-order valence-corrected chi connectivity index (χ2v) is 16.5. The topological polar surface area (TPSA) is 142 Å². The fourth-order valence-corrected chi connectivity index (χ4v) is 9.27. The molecule has 5 heterocycles. The lowest BCUT2D eigenvalue weighted by molar-refractivity contribution is -0.340. The van der Waals surface area contributed by atoms with Gasteiger partial charge in [-0.25, -0.2) is 0 Å². The van der Waals surface area contributed by atoms with Crippen LogP contribution in [0, 0.1) is 23.7 Å². The van der Waals surface area contributed by atoms with Crippen LogP contribution < -0.4 is 0 Å². The van der Waals surface area contributed by atoms with Crippen molar-refractivity contribution in [2.24, 2.45) is 23.7 Å². The quantitative estimate of drug-likeness (QED) is 0.258. The lowest BCUT2D eigenvalue weighted by atomic mass is 9.71. The number of hydrogen-bond acceptors (Lipinski definition) is 11. The Morgan fingerprint density at radius 1 is 1.08 bits per heavy atom. The van der Waals surface area contributed by atoms with E-state index in [9.17, 15) is 20.1 Å². The van der Waals surface area contributed by atoms with Gasteiger partial charge in [-0.05, 0) is 62.2 Å². The molecular weight excluding hydrogens is 668 g/mol. The molecule has 4 fully saturated rings. The second-order valence-electron chi connectivity index (χ2n) is 16.5. The highest BCUT2D eigenvalue weighted by atomic mass is 16.7. The van der Waals surface area contributed by atoms with E-state index in [4.69, 9.17) is 33.2 Å². The van der Waals surface area contributed by atoms with E-state index in [1.807, 2.05) is 26.0 Å². The lowest BCUT2D eigenvalue weighted by Gasteiger charge is -2.51. The molecule has 0 amide bonds. The van der Waals surface area contributed by atoms with Crippen LogP contribution in [0.5, 0.6) is 0 Å². The van der Waals surface area contributed by atoms with Crippen LogP contribution in [-0.2, 0) is 38.0 Å². The van der Waals surface area contributed by atoms with E-state index in [1.165, 1.54) is 0 Å². The van der Waals surface area contributed by atoms with Gasteiger partial charge in [0.15, 0.2) is 12.1 Å². The van der Waals surface area contributed by atoms with Gasteiger partial charge in [0.05, 0.1) is 37.1 Å². The first-order valence-corrected chi connectivity index (χ1v) is 19.5. The maximum absolute atomic E-state index is 14.2. The van der Waals surface area contributed by atoms with Crippen LogP contribution in [0.25, 0.3) is 0 Å². The normalized spacial score (nSPS) is 49.1. The number of allylic oxidation sites excluding steroid dienone is 2. The molecule has 0 radical (unpaired) electrons. The van der Waals surface area contributed by atoms with Crippen LogP contribution in [0.2, 0.25) is 0 Å². The molecule has 0 aromatic heterocycles. The van der Waals surface area contributed by atoms with Crippen molar-refractivity contribution in [1.82, 2.24) is 0 Å². The van der Waals surface area contributed by atoms with Crippen LogP contribution in [0.15, 0.2) is 47.1 Å². The summed E-state index contributed by atoms with van der Waals surface area (Å²) in [5, 5.41) is 34.1. The van der Waals surface area contributed by atoms with Crippen molar-refractivity contribution < 1.29 is 53.3 Å². The average molecular weight is 731 g/mol. The first kappa shape index (κ1) is 39.8. The van der Waals surface area contributed by atoms with E-state index in [0.717, 1.165) is 18.4 Å². The average Bonchev–Trinajstić information content (AvgIpc) is 3.45. The minimum atomic E-state index is -1.80. The molecule has 0 aromatic rings. The molecule has 1 spiro atoms. The number of carbonyl (C=O) groups excluding carboxylic acids is 1. The molecule has 3 N–H and O–H groups in total. The van der Waals surface area contributed by atoms with E-state index in [-0.39, 0.29) is 24.7 Å². The van der Waals surface area contributed by atoms with Gasteiger partial charge in [-0.2, -0.15) is 0 Å². The third kappa shape index (κ3) is 7.77. The summed E-state index contributed by atoms with van der Waals surface area (Å²) in [4.78, 5) is 14.2. The number of aliphatic hydroxyl groups is 3. The van der Waals surface area contributed by atoms with Crippen molar-refractivity contribution in [3.05, 3.63) is 47.1 Å². The molecule has 11 nitrogen and oxygen atoms in total. The molecule has 4 saturated heterocycles. The molecule has 11 heteroatoms. The van der Waals surface area contributed by atoms with Crippen molar-refractivity contribution in [2.45, 2.75) is 166 Å². The Balaban J connectivity index is 1.37. The molecule has 5 aliphatic heterocycles. The molecule has 6 aliphatic rings. The summed E-state index contributed by atoms with van der Waals surface area (Å²) in [6.45, 7) is 14.3. The maximum atomic E-state index is 14.2. The van der Waals surface area contributed by atoms with Gasteiger partial charge in [0, 0.05) is 38.7 Å². The van der Waals surface area contributed by atoms with Crippen molar-refractivity contribution in [1.29, 1.82) is 0 Å². The Kier molecular flexibility index (Phi) is 12.3. The van der Waals surface area contributed by atoms with Crippen molar-refractivity contribution in [3.8, 4) is 0 Å². The minimum absolute atomic E-state index is 0.0111. The van der Waals surface area contributed by atoms with Crippen LogP contribution in [0.1, 0.15) is 93.4 Å². The molecule has 16 atom stereocenters. The van der Waals surface area contributed by atoms with Crippen molar-refractivity contribution in [2.75, 3.05) is 13.7 Å². The molecule has 1 unspecified atom stereocenters. The zero-order chi connectivity index (χ0) is 37.5. The van der Waals surface area contributed by atoms with Gasteiger partial charge in [-0.1, -0.05) is 64.5 Å². The number of methoxy groups -OCH3 is 1. The van der Waals surface area contributed by atoms with Gasteiger partial charge in [-0.3, -0.25) is 4.79 Å². The number of rotatable bonds is 5. The highest BCUT2D eigenvalue weighted by Crippen LogP contribution is 2.48. The third-order valence-electron chi connectivity index (χ3n) is 12.7. The minimum Gasteiger partial charge on any atom is -0.462 e. The predicted molar refractivity (Wildman–Crippen MR) is 193 cm³/mol. The monoisotopic (exact) mass is 730 g/mol. The zero-order valence-corrected chi connectivity index (χ0v) is 32.2. The fraction of sp³-hybridized carbons (Fsp3) is 0.780. The SMILES string of the molecule is CC[C@H](C)[C@H]1O[C@]2(CC[C@@H]1C)C[C@@H]1C[C@@H](C/C=C(\C)[C@@H](O[C@H]3C[C@H](OC)[C@@H](O)[C@H](C)O3)[C@@H](C)/C=C/C=C3\CO[C@@H]4[C@H](O)C(C)=C[C@@H](C(=O)O1)C34O)O2. The molecule has 52 heavy (non-hydrogen) atoms. The van der Waals surface area contributed by atoms with Crippen molar-refractivity contribution >= 4 is 5.97 Å². The van der Waals surface area contributed by atoms with Gasteiger partial charge >= 0.3 is 5.97 Å². The van der Waals surface area contributed by atoms with Gasteiger partial charge < -0.3 is 48.5 Å². The number of esters is 1. The lowest BCUT2D eigenvalue weighted by Crippen LogP contribution is -2.58. The van der Waals surface area contributed by atoms with Crippen LogP contribution >= 0.6 is 0 Å². The number of hydrogen-bond donors (Lipinski definition) is 3. The number of fused-ring (bicyclic) bond motifs is 2. The summed E-state index contributed by atoms with van der Waals surface area (Å²) >= 11 is 0. The Hall–Kier alpha value is -1.93. The van der Waals surface area contributed by atoms with Crippen molar-refractivity contribution in [3.63, 3.8) is 0 Å². The molecule has 292 valence electrons.